The molecule has 0 saturated carbocycles. The molecule has 3 aliphatic rings. The zero-order chi connectivity index (χ0) is 24.2. The minimum Gasteiger partial charge on any atom is -0.347 e. The van der Waals surface area contributed by atoms with Gasteiger partial charge in [0.05, 0.1) is 17.5 Å². The van der Waals surface area contributed by atoms with Crippen LogP contribution in [-0.2, 0) is 20.8 Å². The van der Waals surface area contributed by atoms with Crippen LogP contribution < -0.4 is 16.0 Å². The maximum atomic E-state index is 13.8. The molecule has 34 heavy (non-hydrogen) atoms. The summed E-state index contributed by atoms with van der Waals surface area (Å²) in [6.07, 6.45) is 6.80. The van der Waals surface area contributed by atoms with Crippen LogP contribution in [0.5, 0.6) is 0 Å². The van der Waals surface area contributed by atoms with Gasteiger partial charge < -0.3 is 20.9 Å². The van der Waals surface area contributed by atoms with E-state index in [-0.39, 0.29) is 35.1 Å². The third-order valence-electron chi connectivity index (χ3n) is 7.40. The Bertz CT molecular complexity index is 938. The quantitative estimate of drug-likeness (QED) is 0.518. The van der Waals surface area contributed by atoms with Gasteiger partial charge in [-0.15, -0.1) is 18.3 Å². The number of amides is 3. The summed E-state index contributed by atoms with van der Waals surface area (Å²) in [4.78, 5) is 41.7. The summed E-state index contributed by atoms with van der Waals surface area (Å²) in [6.45, 7) is 5.66. The Morgan fingerprint density at radius 2 is 2.03 bits per heavy atom. The predicted octanol–water partition coefficient (Wildman–Crippen LogP) is 2.53. The Labute approximate surface area is 206 Å². The van der Waals surface area contributed by atoms with Crippen molar-refractivity contribution in [2.24, 2.45) is 5.92 Å². The van der Waals surface area contributed by atoms with E-state index in [1.165, 1.54) is 11.1 Å². The molecule has 2 fully saturated rings. The Hall–Kier alpha value is -2.32. The largest absolute Gasteiger partial charge is 0.347 e. The molecular formula is C26H36N4O3S. The van der Waals surface area contributed by atoms with E-state index in [1.54, 1.807) is 30.6 Å². The van der Waals surface area contributed by atoms with Crippen LogP contribution in [0.15, 0.2) is 36.9 Å². The lowest BCUT2D eigenvalue weighted by atomic mass is 9.87. The van der Waals surface area contributed by atoms with E-state index >= 15 is 0 Å². The lowest BCUT2D eigenvalue weighted by Crippen LogP contribution is -2.57. The zero-order valence-electron chi connectivity index (χ0n) is 20.1. The molecule has 0 spiro atoms. The van der Waals surface area contributed by atoms with Crippen molar-refractivity contribution >= 4 is 29.5 Å². The Balaban J connectivity index is 1.56. The van der Waals surface area contributed by atoms with E-state index in [0.29, 0.717) is 12.8 Å². The maximum Gasteiger partial charge on any atom is 0.246 e. The number of nitrogens with one attached hydrogen (secondary N) is 3. The Morgan fingerprint density at radius 3 is 2.79 bits per heavy atom. The first-order chi connectivity index (χ1) is 16.4. The van der Waals surface area contributed by atoms with Gasteiger partial charge in [0.1, 0.15) is 12.1 Å². The number of benzene rings is 1. The summed E-state index contributed by atoms with van der Waals surface area (Å²) < 4.78 is 0. The molecule has 1 aliphatic carbocycles. The van der Waals surface area contributed by atoms with Gasteiger partial charge in [-0.2, -0.15) is 0 Å². The summed E-state index contributed by atoms with van der Waals surface area (Å²) in [5.74, 6) is 0.328. The molecule has 4 rings (SSSR count). The molecule has 2 aliphatic heterocycles. The van der Waals surface area contributed by atoms with Gasteiger partial charge >= 0.3 is 0 Å². The minimum atomic E-state index is -0.617. The number of carbonyl (C=O) groups excluding carboxylic acids is 3. The molecule has 6 atom stereocenters. The number of hydrogen-bond donors (Lipinski definition) is 3. The molecule has 2 heterocycles. The van der Waals surface area contributed by atoms with Crippen molar-refractivity contribution in [2.75, 3.05) is 12.8 Å². The van der Waals surface area contributed by atoms with Gasteiger partial charge in [0.2, 0.25) is 17.7 Å². The van der Waals surface area contributed by atoms with E-state index in [1.807, 2.05) is 18.2 Å². The van der Waals surface area contributed by atoms with Gasteiger partial charge in [-0.05, 0) is 75.3 Å². The molecule has 1 aromatic rings. The first kappa shape index (κ1) is 24.8. The fraction of sp³-hybridized carbons (Fsp3) is 0.577. The third-order valence-corrected chi connectivity index (χ3v) is 8.67. The summed E-state index contributed by atoms with van der Waals surface area (Å²) in [6, 6.07) is 6.68. The van der Waals surface area contributed by atoms with Crippen molar-refractivity contribution in [2.45, 2.75) is 75.0 Å². The molecule has 3 amide bonds. The lowest BCUT2D eigenvalue weighted by Gasteiger charge is -2.34. The molecule has 0 radical (unpaired) electrons. The van der Waals surface area contributed by atoms with Crippen molar-refractivity contribution in [1.82, 2.24) is 20.9 Å². The van der Waals surface area contributed by atoms with Crippen molar-refractivity contribution in [3.8, 4) is 0 Å². The first-order valence-corrected chi connectivity index (χ1v) is 13.4. The van der Waals surface area contributed by atoms with Crippen LogP contribution in [0.25, 0.3) is 0 Å². The summed E-state index contributed by atoms with van der Waals surface area (Å²) in [5, 5.41) is 9.06. The normalized spacial score (nSPS) is 29.4. The highest BCUT2D eigenvalue weighted by Gasteiger charge is 2.50. The second kappa shape index (κ2) is 11.0. The minimum absolute atomic E-state index is 0.0171. The van der Waals surface area contributed by atoms with Gasteiger partial charge in [-0.3, -0.25) is 14.4 Å². The molecule has 0 aromatic heterocycles. The number of thioether (sulfide) groups is 1. The number of fused-ring (bicyclic) bond motifs is 2. The van der Waals surface area contributed by atoms with Crippen LogP contribution >= 0.6 is 11.8 Å². The smallest absolute Gasteiger partial charge is 0.246 e. The van der Waals surface area contributed by atoms with Gasteiger partial charge in [0.25, 0.3) is 0 Å². The molecule has 3 N–H and O–H groups in total. The molecule has 1 unspecified atom stereocenters. The summed E-state index contributed by atoms with van der Waals surface area (Å²) in [7, 11) is 1.72. The molecule has 8 heteroatoms. The van der Waals surface area contributed by atoms with Crippen LogP contribution in [0.4, 0.5) is 0 Å². The van der Waals surface area contributed by atoms with Gasteiger partial charge in [0, 0.05) is 0 Å². The molecular weight excluding hydrogens is 448 g/mol. The van der Waals surface area contributed by atoms with Crippen LogP contribution in [-0.4, -0.2) is 58.9 Å². The number of aryl methyl sites for hydroxylation is 1. The van der Waals surface area contributed by atoms with Gasteiger partial charge in [-0.25, -0.2) is 0 Å². The van der Waals surface area contributed by atoms with Crippen LogP contribution in [0.1, 0.15) is 56.2 Å². The number of hydrogen-bond acceptors (Lipinski definition) is 5. The molecule has 184 valence electrons. The number of carbonyl (C=O) groups is 3. The van der Waals surface area contributed by atoms with E-state index in [0.717, 1.165) is 31.4 Å². The fourth-order valence-corrected chi connectivity index (χ4v) is 6.89. The molecule has 7 nitrogen and oxygen atoms in total. The average molecular weight is 485 g/mol. The number of allylic oxidation sites excluding steroid dienone is 1. The third kappa shape index (κ3) is 5.03. The zero-order valence-corrected chi connectivity index (χ0v) is 20.9. The average Bonchev–Trinajstić information content (AvgIpc) is 3.13. The van der Waals surface area contributed by atoms with Crippen LogP contribution in [0, 0.1) is 5.92 Å². The topological polar surface area (TPSA) is 90.5 Å². The highest BCUT2D eigenvalue weighted by Crippen LogP contribution is 2.41. The first-order valence-electron chi connectivity index (χ1n) is 12.3. The molecule has 2 saturated heterocycles. The monoisotopic (exact) mass is 484 g/mol. The standard InChI is InChI=1S/C26H36N4O3S/c1-4-8-18-15-22-30(26(33)21(13-14-34-22)29-24(31)16(2)27-3)23(18)25(32)28-20-12-7-10-17-9-5-6-11-19(17)20/h4-6,9,11,16,18,20-23,27H,1,7-8,10,12-15H2,2-3H3,(H,28,32)(H,29,31)/t16-,18?,20+,21-,22-,23-/m0/s1. The van der Waals surface area contributed by atoms with Gasteiger partial charge in [-0.1, -0.05) is 30.3 Å². The predicted molar refractivity (Wildman–Crippen MR) is 135 cm³/mol. The van der Waals surface area contributed by atoms with Crippen LogP contribution in [0.2, 0.25) is 0 Å². The maximum absolute atomic E-state index is 13.8. The van der Waals surface area contributed by atoms with E-state index < -0.39 is 18.1 Å². The number of likely N-dealkylation sites (N-methyl/N-ethyl adjacent to an activating group) is 1. The fourth-order valence-electron chi connectivity index (χ4n) is 5.46. The van der Waals surface area contributed by atoms with Crippen molar-refractivity contribution in [3.05, 3.63) is 48.0 Å². The van der Waals surface area contributed by atoms with Crippen molar-refractivity contribution < 1.29 is 14.4 Å². The lowest BCUT2D eigenvalue weighted by molar-refractivity contribution is -0.143. The van der Waals surface area contributed by atoms with Crippen molar-refractivity contribution in [3.63, 3.8) is 0 Å². The van der Waals surface area contributed by atoms with Crippen molar-refractivity contribution in [1.29, 1.82) is 0 Å². The second-order valence-corrected chi connectivity index (χ2v) is 10.8. The van der Waals surface area contributed by atoms with E-state index in [4.69, 9.17) is 0 Å². The van der Waals surface area contributed by atoms with E-state index in [2.05, 4.69) is 34.7 Å². The van der Waals surface area contributed by atoms with Gasteiger partial charge in [0.15, 0.2) is 0 Å². The summed E-state index contributed by atoms with van der Waals surface area (Å²) in [5.41, 5.74) is 2.47. The SMILES string of the molecule is C=CCC1C[C@@H]2SCC[C@H](NC(=O)[C@H](C)NC)C(=O)N2[C@@H]1C(=O)N[C@@H]1CCCc2ccccc21. The number of rotatable bonds is 7. The highest BCUT2D eigenvalue weighted by molar-refractivity contribution is 7.99. The highest BCUT2D eigenvalue weighted by atomic mass is 32.2. The van der Waals surface area contributed by atoms with Crippen LogP contribution in [0.3, 0.4) is 0 Å². The molecule has 1 aromatic carbocycles. The second-order valence-electron chi connectivity index (χ2n) is 9.55. The molecule has 0 bridgehead atoms. The summed E-state index contributed by atoms with van der Waals surface area (Å²) >= 11 is 1.71. The number of nitrogens with zero attached hydrogens (tertiary/aromatic N) is 1. The Kier molecular flexibility index (Phi) is 7.99. The Morgan fingerprint density at radius 1 is 1.24 bits per heavy atom. The van der Waals surface area contributed by atoms with E-state index in [9.17, 15) is 14.4 Å².